The van der Waals surface area contributed by atoms with E-state index in [0.29, 0.717) is 17.2 Å². The molecule has 0 saturated heterocycles. The van der Waals surface area contributed by atoms with Crippen molar-refractivity contribution in [3.63, 3.8) is 0 Å². The summed E-state index contributed by atoms with van der Waals surface area (Å²) < 4.78 is 5.45. The van der Waals surface area contributed by atoms with Crippen molar-refractivity contribution in [2.45, 2.75) is 33.6 Å². The van der Waals surface area contributed by atoms with Crippen molar-refractivity contribution in [3.05, 3.63) is 53.6 Å². The van der Waals surface area contributed by atoms with Crippen molar-refractivity contribution < 1.29 is 14.6 Å². The van der Waals surface area contributed by atoms with Crippen LogP contribution in [-0.4, -0.2) is 36.9 Å². The van der Waals surface area contributed by atoms with E-state index in [0.717, 1.165) is 18.8 Å². The maximum absolute atomic E-state index is 11.9. The van der Waals surface area contributed by atoms with E-state index in [1.807, 2.05) is 30.3 Å². The average molecular weight is 383 g/mol. The highest BCUT2D eigenvalue weighted by Crippen LogP contribution is 2.23. The minimum absolute atomic E-state index is 0.115. The van der Waals surface area contributed by atoms with Gasteiger partial charge in [-0.05, 0) is 49.6 Å². The Balaban J connectivity index is 1.85. The number of rotatable bonds is 9. The first-order valence-electron chi connectivity index (χ1n) is 9.57. The molecule has 28 heavy (non-hydrogen) atoms. The van der Waals surface area contributed by atoms with E-state index in [1.54, 1.807) is 12.1 Å². The number of nitrogens with zero attached hydrogens (tertiary/aromatic N) is 2. The van der Waals surface area contributed by atoms with E-state index in [-0.39, 0.29) is 18.3 Å². The fourth-order valence-electron chi connectivity index (χ4n) is 2.73. The van der Waals surface area contributed by atoms with E-state index in [4.69, 9.17) is 4.74 Å². The van der Waals surface area contributed by atoms with Gasteiger partial charge in [0.15, 0.2) is 6.61 Å². The molecule has 2 aromatic carbocycles. The number of nitrogens with one attached hydrogen (secondary N) is 1. The van der Waals surface area contributed by atoms with Gasteiger partial charge in [-0.25, -0.2) is 5.43 Å². The lowest BCUT2D eigenvalue weighted by atomic mass is 10.0. The first-order chi connectivity index (χ1) is 13.4. The molecule has 0 aliphatic heterocycles. The average Bonchev–Trinajstić information content (AvgIpc) is 2.69. The number of carbonyl (C=O) groups is 1. The van der Waals surface area contributed by atoms with E-state index in [9.17, 15) is 9.90 Å². The molecule has 0 unspecified atom stereocenters. The second-order valence-electron chi connectivity index (χ2n) is 6.72. The molecule has 1 amide bonds. The summed E-state index contributed by atoms with van der Waals surface area (Å²) in [7, 11) is 0. The monoisotopic (exact) mass is 383 g/mol. The number of phenolic OH excluding ortho intramolecular Hbond substituents is 1. The molecule has 0 fully saturated rings. The van der Waals surface area contributed by atoms with Gasteiger partial charge in [-0.1, -0.05) is 26.0 Å². The third-order valence-corrected chi connectivity index (χ3v) is 4.45. The molecule has 150 valence electrons. The van der Waals surface area contributed by atoms with Gasteiger partial charge in [-0.2, -0.15) is 5.10 Å². The molecule has 0 bridgehead atoms. The van der Waals surface area contributed by atoms with Crippen LogP contribution in [0.15, 0.2) is 47.6 Å². The maximum atomic E-state index is 11.9. The zero-order valence-corrected chi connectivity index (χ0v) is 17.0. The number of benzene rings is 2. The molecule has 6 nitrogen and oxygen atoms in total. The molecular formula is C22H29N3O3. The molecule has 2 rings (SSSR count). The Bertz CT molecular complexity index is 797. The molecular weight excluding hydrogens is 354 g/mol. The standard InChI is InChI=1S/C22H29N3O3/c1-5-25(6-2)19-10-7-18(21(26)13-19)14-23-24-22(27)15-28-20-11-8-17(9-12-20)16(3)4/h7-14,16,26H,5-6,15H2,1-4H3,(H,24,27). The summed E-state index contributed by atoms with van der Waals surface area (Å²) in [5, 5.41) is 14.0. The van der Waals surface area contributed by atoms with Crippen molar-refractivity contribution in [3.8, 4) is 11.5 Å². The summed E-state index contributed by atoms with van der Waals surface area (Å²) in [6.45, 7) is 9.95. The molecule has 2 aromatic rings. The number of anilines is 1. The number of hydrogen-bond donors (Lipinski definition) is 2. The molecule has 0 aliphatic rings. The van der Waals surface area contributed by atoms with Crippen LogP contribution in [-0.2, 0) is 4.79 Å². The highest BCUT2D eigenvalue weighted by atomic mass is 16.5. The molecule has 2 N–H and O–H groups in total. The summed E-state index contributed by atoms with van der Waals surface area (Å²) in [5.74, 6) is 0.824. The van der Waals surface area contributed by atoms with Gasteiger partial charge < -0.3 is 14.7 Å². The Morgan fingerprint density at radius 3 is 2.43 bits per heavy atom. The number of aromatic hydroxyl groups is 1. The van der Waals surface area contributed by atoms with Crippen LogP contribution < -0.4 is 15.1 Å². The zero-order chi connectivity index (χ0) is 20.5. The number of carbonyl (C=O) groups excluding carboxylic acids is 1. The Morgan fingerprint density at radius 2 is 1.86 bits per heavy atom. The summed E-state index contributed by atoms with van der Waals surface area (Å²) >= 11 is 0. The van der Waals surface area contributed by atoms with Crippen molar-refractivity contribution in [2.75, 3.05) is 24.6 Å². The van der Waals surface area contributed by atoms with Crippen molar-refractivity contribution in [1.82, 2.24) is 5.43 Å². The van der Waals surface area contributed by atoms with E-state index in [2.05, 4.69) is 43.1 Å². The SMILES string of the molecule is CCN(CC)c1ccc(C=NNC(=O)COc2ccc(C(C)C)cc2)c(O)c1. The molecule has 0 aliphatic carbocycles. The normalized spacial score (nSPS) is 11.0. The lowest BCUT2D eigenvalue weighted by Gasteiger charge is -2.21. The van der Waals surface area contributed by atoms with Gasteiger partial charge in [0.2, 0.25) is 0 Å². The molecule has 6 heteroatoms. The van der Waals surface area contributed by atoms with Crippen molar-refractivity contribution in [1.29, 1.82) is 0 Å². The van der Waals surface area contributed by atoms with Crippen molar-refractivity contribution in [2.24, 2.45) is 5.10 Å². The predicted molar refractivity (Wildman–Crippen MR) is 113 cm³/mol. The lowest BCUT2D eigenvalue weighted by molar-refractivity contribution is -0.123. The summed E-state index contributed by atoms with van der Waals surface area (Å²) in [4.78, 5) is 14.0. The molecule has 0 spiro atoms. The van der Waals surface area contributed by atoms with Gasteiger partial charge in [0.05, 0.1) is 6.21 Å². The smallest absolute Gasteiger partial charge is 0.277 e. The Labute approximate surface area is 166 Å². The van der Waals surface area contributed by atoms with Crippen LogP contribution in [0.1, 0.15) is 44.7 Å². The topological polar surface area (TPSA) is 74.2 Å². The van der Waals surface area contributed by atoms with Gasteiger partial charge >= 0.3 is 0 Å². The molecule has 0 radical (unpaired) electrons. The third-order valence-electron chi connectivity index (χ3n) is 4.45. The van der Waals surface area contributed by atoms with Crippen LogP contribution in [0.2, 0.25) is 0 Å². The Morgan fingerprint density at radius 1 is 1.18 bits per heavy atom. The predicted octanol–water partition coefficient (Wildman–Crippen LogP) is 3.89. The molecule has 0 saturated carbocycles. The fourth-order valence-corrected chi connectivity index (χ4v) is 2.73. The van der Waals surface area contributed by atoms with Crippen molar-refractivity contribution >= 4 is 17.8 Å². The highest BCUT2D eigenvalue weighted by molar-refractivity contribution is 5.86. The second kappa shape index (κ2) is 10.3. The van der Waals surface area contributed by atoms with Crippen LogP contribution in [0.4, 0.5) is 5.69 Å². The number of hydrogen-bond acceptors (Lipinski definition) is 5. The van der Waals surface area contributed by atoms with Crippen LogP contribution in [0, 0.1) is 0 Å². The van der Waals surface area contributed by atoms with Crippen LogP contribution >= 0.6 is 0 Å². The summed E-state index contributed by atoms with van der Waals surface area (Å²) in [6, 6.07) is 13.1. The first kappa shape index (κ1) is 21.3. The van der Waals surface area contributed by atoms with E-state index in [1.165, 1.54) is 11.8 Å². The number of hydrazone groups is 1. The van der Waals surface area contributed by atoms with Gasteiger partial charge in [0.1, 0.15) is 11.5 Å². The van der Waals surface area contributed by atoms with Gasteiger partial charge in [0, 0.05) is 30.4 Å². The maximum Gasteiger partial charge on any atom is 0.277 e. The van der Waals surface area contributed by atoms with Gasteiger partial charge in [-0.15, -0.1) is 0 Å². The second-order valence-corrected chi connectivity index (χ2v) is 6.72. The van der Waals surface area contributed by atoms with Crippen LogP contribution in [0.3, 0.4) is 0 Å². The largest absolute Gasteiger partial charge is 0.507 e. The summed E-state index contributed by atoms with van der Waals surface area (Å²) in [5.41, 5.74) is 5.09. The van der Waals surface area contributed by atoms with Gasteiger partial charge in [-0.3, -0.25) is 4.79 Å². The first-order valence-corrected chi connectivity index (χ1v) is 9.57. The minimum atomic E-state index is -0.372. The van der Waals surface area contributed by atoms with E-state index >= 15 is 0 Å². The number of ether oxygens (including phenoxy) is 1. The quantitative estimate of drug-likeness (QED) is 0.509. The Kier molecular flexibility index (Phi) is 7.87. The van der Waals surface area contributed by atoms with Gasteiger partial charge in [0.25, 0.3) is 5.91 Å². The molecule has 0 aromatic heterocycles. The minimum Gasteiger partial charge on any atom is -0.507 e. The Hall–Kier alpha value is -3.02. The third kappa shape index (κ3) is 6.01. The highest BCUT2D eigenvalue weighted by Gasteiger charge is 2.06. The van der Waals surface area contributed by atoms with Crippen LogP contribution in [0.25, 0.3) is 0 Å². The fraction of sp³-hybridized carbons (Fsp3) is 0.364. The number of amides is 1. The molecule has 0 heterocycles. The molecule has 0 atom stereocenters. The number of phenols is 1. The van der Waals surface area contributed by atoms with Crippen LogP contribution in [0.5, 0.6) is 11.5 Å². The lowest BCUT2D eigenvalue weighted by Crippen LogP contribution is -2.24. The summed E-state index contributed by atoms with van der Waals surface area (Å²) in [6.07, 6.45) is 1.41. The zero-order valence-electron chi connectivity index (χ0n) is 17.0. The van der Waals surface area contributed by atoms with E-state index < -0.39 is 0 Å².